The summed E-state index contributed by atoms with van der Waals surface area (Å²) in [6.45, 7) is 6.42. The Balaban J connectivity index is 1.78. The van der Waals surface area contributed by atoms with Crippen molar-refractivity contribution in [3.8, 4) is 0 Å². The van der Waals surface area contributed by atoms with Crippen LogP contribution in [-0.2, 0) is 4.79 Å². The molecule has 1 atom stereocenters. The van der Waals surface area contributed by atoms with Crippen molar-refractivity contribution in [3.63, 3.8) is 0 Å². The van der Waals surface area contributed by atoms with E-state index < -0.39 is 0 Å². The highest BCUT2D eigenvalue weighted by atomic mass is 16.2. The van der Waals surface area contributed by atoms with E-state index in [1.54, 1.807) is 0 Å². The van der Waals surface area contributed by atoms with Gasteiger partial charge in [0.05, 0.1) is 5.92 Å². The quantitative estimate of drug-likeness (QED) is 0.915. The molecule has 3 nitrogen and oxygen atoms in total. The number of carbonyl (C=O) groups is 1. The lowest BCUT2D eigenvalue weighted by Gasteiger charge is -2.23. The molecule has 0 bridgehead atoms. The normalized spacial score (nSPS) is 18.2. The van der Waals surface area contributed by atoms with Gasteiger partial charge in [-0.3, -0.25) is 9.69 Å². The second-order valence-electron chi connectivity index (χ2n) is 6.84. The highest BCUT2D eigenvalue weighted by Gasteiger charge is 2.29. The first-order valence-corrected chi connectivity index (χ1v) is 8.79. The molecule has 0 radical (unpaired) electrons. The molecule has 0 aliphatic carbocycles. The number of amides is 1. The van der Waals surface area contributed by atoms with Crippen LogP contribution in [0.1, 0.15) is 37.3 Å². The number of hydrogen-bond acceptors (Lipinski definition) is 2. The van der Waals surface area contributed by atoms with E-state index in [1.165, 1.54) is 0 Å². The summed E-state index contributed by atoms with van der Waals surface area (Å²) in [5.41, 5.74) is 2.08. The molecule has 24 heavy (non-hydrogen) atoms. The third kappa shape index (κ3) is 3.85. The fraction of sp³-hybridized carbons (Fsp3) is 0.381. The Labute approximate surface area is 144 Å². The predicted molar refractivity (Wildman–Crippen MR) is 98.0 cm³/mol. The van der Waals surface area contributed by atoms with Crippen LogP contribution in [0.25, 0.3) is 0 Å². The summed E-state index contributed by atoms with van der Waals surface area (Å²) in [7, 11) is 0. The van der Waals surface area contributed by atoms with Gasteiger partial charge in [-0.05, 0) is 31.4 Å². The second kappa shape index (κ2) is 7.63. The predicted octanol–water partition coefficient (Wildman–Crippen LogP) is 3.42. The van der Waals surface area contributed by atoms with Crippen molar-refractivity contribution in [1.82, 2.24) is 10.2 Å². The Hall–Kier alpha value is -2.13. The van der Waals surface area contributed by atoms with E-state index in [0.717, 1.165) is 30.6 Å². The molecule has 0 aromatic heterocycles. The smallest absolute Gasteiger partial charge is 0.232 e. The van der Waals surface area contributed by atoms with E-state index in [4.69, 9.17) is 0 Å². The fourth-order valence-electron chi connectivity index (χ4n) is 3.44. The number of nitrogens with zero attached hydrogens (tertiary/aromatic N) is 1. The summed E-state index contributed by atoms with van der Waals surface area (Å²) in [5, 5.41) is 3.28. The number of nitrogens with one attached hydrogen (secondary N) is 1. The van der Waals surface area contributed by atoms with Gasteiger partial charge in [0, 0.05) is 25.2 Å². The van der Waals surface area contributed by atoms with Crippen molar-refractivity contribution >= 4 is 5.91 Å². The van der Waals surface area contributed by atoms with E-state index in [1.807, 2.05) is 60.7 Å². The number of carbonyl (C=O) groups excluding carboxylic acids is 1. The third-order valence-electron chi connectivity index (χ3n) is 4.82. The van der Waals surface area contributed by atoms with Crippen molar-refractivity contribution in [2.75, 3.05) is 13.1 Å². The zero-order chi connectivity index (χ0) is 16.9. The average molecular weight is 322 g/mol. The lowest BCUT2D eigenvalue weighted by molar-refractivity contribution is -0.122. The van der Waals surface area contributed by atoms with Gasteiger partial charge in [0.25, 0.3) is 0 Å². The number of rotatable bonds is 5. The highest BCUT2D eigenvalue weighted by Crippen LogP contribution is 2.25. The maximum atomic E-state index is 13.0. The lowest BCUT2D eigenvalue weighted by atomic mass is 9.90. The van der Waals surface area contributed by atoms with Crippen molar-refractivity contribution < 1.29 is 4.79 Å². The Kier molecular flexibility index (Phi) is 5.31. The molecule has 1 aliphatic rings. The van der Waals surface area contributed by atoms with Crippen LogP contribution >= 0.6 is 0 Å². The van der Waals surface area contributed by atoms with Crippen LogP contribution in [0.4, 0.5) is 0 Å². The topological polar surface area (TPSA) is 32.3 Å². The molecule has 1 fully saturated rings. The Morgan fingerprint density at radius 3 is 2.00 bits per heavy atom. The maximum Gasteiger partial charge on any atom is 0.232 e. The summed E-state index contributed by atoms with van der Waals surface area (Å²) in [5.74, 6) is -0.150. The summed E-state index contributed by atoms with van der Waals surface area (Å²) >= 11 is 0. The van der Waals surface area contributed by atoms with E-state index in [-0.39, 0.29) is 17.9 Å². The number of likely N-dealkylation sites (tertiary alicyclic amines) is 1. The van der Waals surface area contributed by atoms with Crippen LogP contribution in [0.3, 0.4) is 0 Å². The van der Waals surface area contributed by atoms with E-state index in [2.05, 4.69) is 24.1 Å². The van der Waals surface area contributed by atoms with Crippen molar-refractivity contribution in [2.45, 2.75) is 38.3 Å². The van der Waals surface area contributed by atoms with Crippen LogP contribution in [0.15, 0.2) is 60.7 Å². The first-order chi connectivity index (χ1) is 11.6. The van der Waals surface area contributed by atoms with Crippen LogP contribution in [0, 0.1) is 0 Å². The minimum absolute atomic E-state index is 0.100. The minimum atomic E-state index is -0.250. The van der Waals surface area contributed by atoms with Gasteiger partial charge in [-0.1, -0.05) is 60.7 Å². The molecule has 1 aliphatic heterocycles. The maximum absolute atomic E-state index is 13.0. The van der Waals surface area contributed by atoms with Gasteiger partial charge < -0.3 is 5.32 Å². The van der Waals surface area contributed by atoms with Gasteiger partial charge in [0.15, 0.2) is 0 Å². The summed E-state index contributed by atoms with van der Waals surface area (Å²) < 4.78 is 0. The van der Waals surface area contributed by atoms with Gasteiger partial charge in [-0.25, -0.2) is 0 Å². The standard InChI is InChI=1S/C21H26N2O/c1-16(2)23-14-13-19(15-23)22-21(24)20(17-9-5-3-6-10-17)18-11-7-4-8-12-18/h3-12,16,19-20H,13-15H2,1-2H3,(H,22,24)/t19-/m1/s1. The summed E-state index contributed by atoms with van der Waals surface area (Å²) in [6, 6.07) is 20.9. The molecule has 0 saturated carbocycles. The SMILES string of the molecule is CC(C)N1CC[C@@H](NC(=O)C(c2ccccc2)c2ccccc2)C1. The first-order valence-electron chi connectivity index (χ1n) is 8.79. The molecule has 1 heterocycles. The molecule has 1 amide bonds. The number of hydrogen-bond donors (Lipinski definition) is 1. The van der Waals surface area contributed by atoms with Crippen LogP contribution in [0.5, 0.6) is 0 Å². The van der Waals surface area contributed by atoms with Gasteiger partial charge in [-0.15, -0.1) is 0 Å². The zero-order valence-corrected chi connectivity index (χ0v) is 14.5. The van der Waals surface area contributed by atoms with Gasteiger partial charge in [0.2, 0.25) is 5.91 Å². The first kappa shape index (κ1) is 16.7. The van der Waals surface area contributed by atoms with E-state index in [9.17, 15) is 4.79 Å². The number of benzene rings is 2. The lowest BCUT2D eigenvalue weighted by Crippen LogP contribution is -2.41. The second-order valence-corrected chi connectivity index (χ2v) is 6.84. The monoisotopic (exact) mass is 322 g/mol. The molecule has 3 heteroatoms. The van der Waals surface area contributed by atoms with E-state index >= 15 is 0 Å². The molecular formula is C21H26N2O. The van der Waals surface area contributed by atoms with Gasteiger partial charge in [0.1, 0.15) is 0 Å². The molecular weight excluding hydrogens is 296 g/mol. The van der Waals surface area contributed by atoms with E-state index in [0.29, 0.717) is 6.04 Å². The Morgan fingerprint density at radius 1 is 1.00 bits per heavy atom. The Bertz CT molecular complexity index is 615. The van der Waals surface area contributed by atoms with Crippen molar-refractivity contribution in [2.24, 2.45) is 0 Å². The minimum Gasteiger partial charge on any atom is -0.351 e. The molecule has 0 spiro atoms. The molecule has 2 aromatic rings. The largest absolute Gasteiger partial charge is 0.351 e. The van der Waals surface area contributed by atoms with Gasteiger partial charge >= 0.3 is 0 Å². The highest BCUT2D eigenvalue weighted by molar-refractivity contribution is 5.87. The molecule has 1 saturated heterocycles. The molecule has 0 unspecified atom stereocenters. The summed E-state index contributed by atoms with van der Waals surface area (Å²) in [6.07, 6.45) is 1.03. The van der Waals surface area contributed by atoms with Crippen molar-refractivity contribution in [1.29, 1.82) is 0 Å². The van der Waals surface area contributed by atoms with Crippen LogP contribution in [0.2, 0.25) is 0 Å². The van der Waals surface area contributed by atoms with Crippen LogP contribution < -0.4 is 5.32 Å². The molecule has 126 valence electrons. The summed E-state index contributed by atoms with van der Waals surface area (Å²) in [4.78, 5) is 15.5. The third-order valence-corrected chi connectivity index (χ3v) is 4.82. The average Bonchev–Trinajstić information content (AvgIpc) is 3.06. The molecule has 1 N–H and O–H groups in total. The fourth-order valence-corrected chi connectivity index (χ4v) is 3.44. The van der Waals surface area contributed by atoms with Crippen LogP contribution in [-0.4, -0.2) is 36.0 Å². The Morgan fingerprint density at radius 2 is 1.54 bits per heavy atom. The van der Waals surface area contributed by atoms with Crippen molar-refractivity contribution in [3.05, 3.63) is 71.8 Å². The molecule has 3 rings (SSSR count). The molecule has 2 aromatic carbocycles. The zero-order valence-electron chi connectivity index (χ0n) is 14.5. The van der Waals surface area contributed by atoms with Gasteiger partial charge in [-0.2, -0.15) is 0 Å².